The predicted molar refractivity (Wildman–Crippen MR) is 104 cm³/mol. The number of fused-ring (bicyclic) bond motifs is 1. The zero-order valence-corrected chi connectivity index (χ0v) is 15.4. The van der Waals surface area contributed by atoms with Gasteiger partial charge in [0.05, 0.1) is 11.3 Å². The Balaban J connectivity index is 1.84. The van der Waals surface area contributed by atoms with Gasteiger partial charge in [0.2, 0.25) is 0 Å². The first kappa shape index (κ1) is 17.4. The third-order valence-electron chi connectivity index (χ3n) is 4.92. The first-order chi connectivity index (χ1) is 13.0. The van der Waals surface area contributed by atoms with Gasteiger partial charge in [-0.2, -0.15) is 0 Å². The van der Waals surface area contributed by atoms with Crippen molar-refractivity contribution in [3.05, 3.63) is 59.2 Å². The average Bonchev–Trinajstić information content (AvgIpc) is 3.19. The van der Waals surface area contributed by atoms with Crippen molar-refractivity contribution in [3.8, 4) is 0 Å². The Hall–Kier alpha value is -3.02. The molecule has 2 aromatic heterocycles. The highest BCUT2D eigenvalue weighted by atomic mass is 19.1. The molecule has 0 atom stereocenters. The van der Waals surface area contributed by atoms with E-state index in [9.17, 15) is 9.18 Å². The number of halogens is 1. The highest BCUT2D eigenvalue weighted by Gasteiger charge is 2.24. The molecule has 1 aromatic carbocycles. The number of nitrogens with one attached hydrogen (secondary N) is 1. The summed E-state index contributed by atoms with van der Waals surface area (Å²) in [5, 5.41) is 4.08. The molecule has 1 fully saturated rings. The third kappa shape index (κ3) is 3.35. The molecule has 138 valence electrons. The van der Waals surface area contributed by atoms with E-state index in [2.05, 4.69) is 15.3 Å². The number of aromatic nitrogens is 2. The van der Waals surface area contributed by atoms with Crippen molar-refractivity contribution in [2.45, 2.75) is 26.7 Å². The monoisotopic (exact) mass is 364 g/mol. The number of benzene rings is 1. The molecule has 0 bridgehead atoms. The first-order valence-corrected chi connectivity index (χ1v) is 9.12. The van der Waals surface area contributed by atoms with Gasteiger partial charge in [0, 0.05) is 36.1 Å². The van der Waals surface area contributed by atoms with E-state index < -0.39 is 0 Å². The van der Waals surface area contributed by atoms with E-state index in [0.717, 1.165) is 42.7 Å². The lowest BCUT2D eigenvalue weighted by molar-refractivity contribution is 0.0793. The number of hydrogen-bond acceptors (Lipinski definition) is 4. The summed E-state index contributed by atoms with van der Waals surface area (Å²) in [6, 6.07) is 8.64. The van der Waals surface area contributed by atoms with E-state index in [1.165, 1.54) is 6.07 Å². The van der Waals surface area contributed by atoms with Crippen molar-refractivity contribution >= 4 is 28.3 Å². The molecule has 0 unspecified atom stereocenters. The van der Waals surface area contributed by atoms with Crippen LogP contribution in [0.5, 0.6) is 0 Å². The highest BCUT2D eigenvalue weighted by molar-refractivity contribution is 6.07. The minimum absolute atomic E-state index is 0.0381. The number of rotatable bonds is 3. The number of amides is 1. The maximum absolute atomic E-state index is 13.6. The Bertz CT molecular complexity index is 1030. The molecule has 0 spiro atoms. The van der Waals surface area contributed by atoms with E-state index in [1.807, 2.05) is 24.0 Å². The number of likely N-dealkylation sites (tertiary alicyclic amines) is 1. The number of carbonyl (C=O) groups excluding carboxylic acids is 1. The first-order valence-electron chi connectivity index (χ1n) is 9.12. The van der Waals surface area contributed by atoms with Gasteiger partial charge in [-0.15, -0.1) is 0 Å². The number of pyridine rings is 2. The van der Waals surface area contributed by atoms with Gasteiger partial charge in [0.25, 0.3) is 5.91 Å². The molecule has 1 saturated heterocycles. The molecule has 1 aliphatic heterocycles. The van der Waals surface area contributed by atoms with Crippen LogP contribution in [0, 0.1) is 19.7 Å². The van der Waals surface area contributed by atoms with Crippen LogP contribution in [0.25, 0.3) is 11.0 Å². The van der Waals surface area contributed by atoms with Crippen molar-refractivity contribution in [3.63, 3.8) is 0 Å². The van der Waals surface area contributed by atoms with E-state index in [0.29, 0.717) is 22.5 Å². The van der Waals surface area contributed by atoms with E-state index in [4.69, 9.17) is 0 Å². The van der Waals surface area contributed by atoms with E-state index in [1.54, 1.807) is 25.3 Å². The molecule has 1 N–H and O–H groups in total. The lowest BCUT2D eigenvalue weighted by atomic mass is 10.1. The summed E-state index contributed by atoms with van der Waals surface area (Å²) in [5.74, 6) is -0.297. The molecule has 3 heterocycles. The number of nitrogens with zero attached hydrogens (tertiary/aromatic N) is 3. The van der Waals surface area contributed by atoms with Crippen LogP contribution in [0.2, 0.25) is 0 Å². The Kier molecular flexibility index (Phi) is 4.48. The molecule has 3 aromatic rings. The summed E-state index contributed by atoms with van der Waals surface area (Å²) in [4.78, 5) is 23.8. The minimum atomic E-state index is -0.259. The number of anilines is 2. The van der Waals surface area contributed by atoms with Crippen LogP contribution in [0.15, 0.2) is 36.5 Å². The minimum Gasteiger partial charge on any atom is -0.354 e. The summed E-state index contributed by atoms with van der Waals surface area (Å²) in [5.41, 5.74) is 3.87. The van der Waals surface area contributed by atoms with Crippen LogP contribution < -0.4 is 5.32 Å². The SMILES string of the molecule is Cc1ccc2c(Nc3ccc(F)c(C)c3)c(C(=O)N3CCCC3)cnc2n1. The van der Waals surface area contributed by atoms with Crippen LogP contribution in [0.3, 0.4) is 0 Å². The van der Waals surface area contributed by atoms with Crippen molar-refractivity contribution in [2.24, 2.45) is 0 Å². The molecule has 1 amide bonds. The van der Waals surface area contributed by atoms with Gasteiger partial charge in [-0.3, -0.25) is 4.79 Å². The van der Waals surface area contributed by atoms with Crippen molar-refractivity contribution < 1.29 is 9.18 Å². The second-order valence-electron chi connectivity index (χ2n) is 6.96. The standard InChI is InChI=1S/C21H21FN4O/c1-13-11-15(6-8-18(13)22)25-19-16-7-5-14(2)24-20(16)23-12-17(19)21(27)26-9-3-4-10-26/h5-8,11-12H,3-4,9-10H2,1-2H3,(H,23,24,25). The summed E-state index contributed by atoms with van der Waals surface area (Å²) >= 11 is 0. The molecule has 0 aliphatic carbocycles. The fourth-order valence-corrected chi connectivity index (χ4v) is 3.43. The molecule has 0 radical (unpaired) electrons. The normalized spacial score (nSPS) is 14.0. The molecular formula is C21H21FN4O. The van der Waals surface area contributed by atoms with Gasteiger partial charge < -0.3 is 10.2 Å². The average molecular weight is 364 g/mol. The van der Waals surface area contributed by atoms with Crippen molar-refractivity contribution in [1.82, 2.24) is 14.9 Å². The Morgan fingerprint density at radius 3 is 2.67 bits per heavy atom. The van der Waals surface area contributed by atoms with E-state index in [-0.39, 0.29) is 11.7 Å². The van der Waals surface area contributed by atoms with Crippen LogP contribution in [-0.2, 0) is 0 Å². The lowest BCUT2D eigenvalue weighted by Gasteiger charge is -2.19. The largest absolute Gasteiger partial charge is 0.354 e. The Morgan fingerprint density at radius 1 is 1.15 bits per heavy atom. The molecule has 27 heavy (non-hydrogen) atoms. The van der Waals surface area contributed by atoms with Gasteiger partial charge in [0.15, 0.2) is 5.65 Å². The molecule has 0 saturated carbocycles. The third-order valence-corrected chi connectivity index (χ3v) is 4.92. The molecule has 4 rings (SSSR count). The molecule has 1 aliphatic rings. The topological polar surface area (TPSA) is 58.1 Å². The van der Waals surface area contributed by atoms with Crippen LogP contribution in [-0.4, -0.2) is 33.9 Å². The summed E-state index contributed by atoms with van der Waals surface area (Å²) in [6.07, 6.45) is 3.63. The van der Waals surface area contributed by atoms with Crippen LogP contribution in [0.1, 0.15) is 34.5 Å². The number of carbonyl (C=O) groups is 1. The summed E-state index contributed by atoms with van der Waals surface area (Å²) in [6.45, 7) is 5.14. The van der Waals surface area contributed by atoms with Gasteiger partial charge >= 0.3 is 0 Å². The van der Waals surface area contributed by atoms with Crippen molar-refractivity contribution in [2.75, 3.05) is 18.4 Å². The molecule has 6 heteroatoms. The maximum atomic E-state index is 13.6. The Labute approximate surface area is 157 Å². The fraction of sp³-hybridized carbons (Fsp3) is 0.286. The second kappa shape index (κ2) is 6.95. The van der Waals surface area contributed by atoms with Gasteiger partial charge in [0.1, 0.15) is 5.82 Å². The van der Waals surface area contributed by atoms with Crippen molar-refractivity contribution in [1.29, 1.82) is 0 Å². The summed E-state index contributed by atoms with van der Waals surface area (Å²) in [7, 11) is 0. The molecule has 5 nitrogen and oxygen atoms in total. The lowest BCUT2D eigenvalue weighted by Crippen LogP contribution is -2.28. The molecular weight excluding hydrogens is 343 g/mol. The number of aryl methyl sites for hydroxylation is 2. The second-order valence-corrected chi connectivity index (χ2v) is 6.96. The van der Waals surface area contributed by atoms with Crippen LogP contribution >= 0.6 is 0 Å². The van der Waals surface area contributed by atoms with Gasteiger partial charge in [-0.25, -0.2) is 14.4 Å². The Morgan fingerprint density at radius 2 is 1.93 bits per heavy atom. The zero-order valence-electron chi connectivity index (χ0n) is 15.4. The zero-order chi connectivity index (χ0) is 19.0. The fourth-order valence-electron chi connectivity index (χ4n) is 3.43. The number of hydrogen-bond donors (Lipinski definition) is 1. The smallest absolute Gasteiger partial charge is 0.257 e. The van der Waals surface area contributed by atoms with Crippen LogP contribution in [0.4, 0.5) is 15.8 Å². The van der Waals surface area contributed by atoms with Gasteiger partial charge in [-0.1, -0.05) is 0 Å². The highest BCUT2D eigenvalue weighted by Crippen LogP contribution is 2.30. The maximum Gasteiger partial charge on any atom is 0.257 e. The summed E-state index contributed by atoms with van der Waals surface area (Å²) < 4.78 is 13.6. The van der Waals surface area contributed by atoms with E-state index >= 15 is 0 Å². The predicted octanol–water partition coefficient (Wildman–Crippen LogP) is 4.37. The van der Waals surface area contributed by atoms with Gasteiger partial charge in [-0.05, 0) is 62.6 Å². The quantitative estimate of drug-likeness (QED) is 0.750.